The highest BCUT2D eigenvalue weighted by Crippen LogP contribution is 2.15. The van der Waals surface area contributed by atoms with Gasteiger partial charge in [-0.3, -0.25) is 4.79 Å². The highest BCUT2D eigenvalue weighted by atomic mass is 16.5. The third-order valence-corrected chi connectivity index (χ3v) is 1.86. The van der Waals surface area contributed by atoms with Crippen molar-refractivity contribution in [3.05, 3.63) is 0 Å². The van der Waals surface area contributed by atoms with Crippen molar-refractivity contribution in [1.82, 2.24) is 0 Å². The Morgan fingerprint density at radius 2 is 1.71 bits per heavy atom. The van der Waals surface area contributed by atoms with Gasteiger partial charge in [0, 0.05) is 11.9 Å². The number of rotatable bonds is 5. The average molecular weight is 201 g/mol. The lowest BCUT2D eigenvalue weighted by atomic mass is 9.93. The van der Waals surface area contributed by atoms with E-state index >= 15 is 0 Å². The molecule has 4 heteroatoms. The minimum atomic E-state index is -1.19. The Morgan fingerprint density at radius 3 is 2.00 bits per heavy atom. The quantitative estimate of drug-likeness (QED) is 0.602. The van der Waals surface area contributed by atoms with Gasteiger partial charge < -0.3 is 14.6 Å². The van der Waals surface area contributed by atoms with Crippen molar-refractivity contribution < 1.29 is 19.4 Å². The van der Waals surface area contributed by atoms with E-state index in [0.29, 0.717) is 0 Å². The van der Waals surface area contributed by atoms with Gasteiger partial charge in [-0.25, -0.2) is 0 Å². The smallest absolute Gasteiger partial charge is 0.306 e. The van der Waals surface area contributed by atoms with Gasteiger partial charge in [0.2, 0.25) is 0 Å². The fourth-order valence-corrected chi connectivity index (χ4v) is 1.08. The molecule has 0 N–H and O–H groups in total. The Labute approximate surface area is 84.3 Å². The maximum atomic E-state index is 11.2. The number of aliphatic carboxylic acids is 1. The van der Waals surface area contributed by atoms with E-state index < -0.39 is 17.9 Å². The molecular weight excluding hydrogens is 184 g/mol. The third-order valence-electron chi connectivity index (χ3n) is 1.86. The average Bonchev–Trinajstić information content (AvgIpc) is 1.97. The Hall–Kier alpha value is -1.06. The number of carbonyl (C=O) groups excluding carboxylic acids is 2. The summed E-state index contributed by atoms with van der Waals surface area (Å²) in [7, 11) is 0. The summed E-state index contributed by atoms with van der Waals surface area (Å²) in [6.45, 7) is 6.93. The molecule has 1 atom stereocenters. The number of ether oxygens (including phenoxy) is 1. The predicted molar refractivity (Wildman–Crippen MR) is 49.2 cm³/mol. The molecule has 0 spiro atoms. The first-order valence-electron chi connectivity index (χ1n) is 4.75. The van der Waals surface area contributed by atoms with Crippen molar-refractivity contribution >= 4 is 11.9 Å². The summed E-state index contributed by atoms with van der Waals surface area (Å²) in [6, 6.07) is 0. The molecular formula is C10H17O4-. The zero-order valence-corrected chi connectivity index (χ0v) is 9.07. The Kier molecular flexibility index (Phi) is 5.20. The normalized spacial score (nSPS) is 13.0. The number of hydrogen-bond acceptors (Lipinski definition) is 4. The van der Waals surface area contributed by atoms with Gasteiger partial charge in [-0.2, -0.15) is 0 Å². The minimum absolute atomic E-state index is 0.113. The molecule has 0 rings (SSSR count). The summed E-state index contributed by atoms with van der Waals surface area (Å²) in [5.74, 6) is -2.57. The third kappa shape index (κ3) is 4.84. The molecule has 0 bridgehead atoms. The second kappa shape index (κ2) is 5.62. The van der Waals surface area contributed by atoms with Crippen LogP contribution in [0.1, 0.15) is 34.1 Å². The fraction of sp³-hybridized carbons (Fsp3) is 0.800. The zero-order chi connectivity index (χ0) is 11.3. The molecule has 0 fully saturated rings. The summed E-state index contributed by atoms with van der Waals surface area (Å²) >= 11 is 0. The first-order chi connectivity index (χ1) is 6.34. The first kappa shape index (κ1) is 12.9. The van der Waals surface area contributed by atoms with E-state index in [0.717, 1.165) is 0 Å². The fourth-order valence-electron chi connectivity index (χ4n) is 1.08. The van der Waals surface area contributed by atoms with Crippen LogP contribution in [0.2, 0.25) is 0 Å². The van der Waals surface area contributed by atoms with Crippen LogP contribution in [-0.4, -0.2) is 18.0 Å². The molecule has 0 aromatic carbocycles. The van der Waals surface area contributed by atoms with Crippen LogP contribution in [0.15, 0.2) is 0 Å². The Morgan fingerprint density at radius 1 is 1.21 bits per heavy atom. The Balaban J connectivity index is 4.17. The van der Waals surface area contributed by atoms with Gasteiger partial charge >= 0.3 is 5.97 Å². The number of hydrogen-bond donors (Lipinski definition) is 0. The van der Waals surface area contributed by atoms with Crippen LogP contribution in [0, 0.1) is 11.8 Å². The van der Waals surface area contributed by atoms with E-state index in [4.69, 9.17) is 4.74 Å². The van der Waals surface area contributed by atoms with Crippen molar-refractivity contribution in [3.63, 3.8) is 0 Å². The summed E-state index contributed by atoms with van der Waals surface area (Å²) in [4.78, 5) is 21.8. The largest absolute Gasteiger partial charge is 0.550 e. The Bertz CT molecular complexity index is 208. The summed E-state index contributed by atoms with van der Waals surface area (Å²) in [5, 5.41) is 10.6. The van der Waals surface area contributed by atoms with Crippen LogP contribution in [0.3, 0.4) is 0 Å². The van der Waals surface area contributed by atoms with Gasteiger partial charge in [0.1, 0.15) is 0 Å². The van der Waals surface area contributed by atoms with Gasteiger partial charge in [0.05, 0.1) is 12.5 Å². The molecule has 0 aliphatic carbocycles. The van der Waals surface area contributed by atoms with Crippen LogP contribution in [0.5, 0.6) is 0 Å². The van der Waals surface area contributed by atoms with Crippen LogP contribution >= 0.6 is 0 Å². The molecule has 0 aliphatic rings. The maximum absolute atomic E-state index is 11.2. The summed E-state index contributed by atoms with van der Waals surface area (Å²) < 4.78 is 4.85. The number of carboxylic acid groups (broad SMARTS) is 1. The standard InChI is InChI=1S/C10H18O4/c1-6(2)8(10(12)13)5-9(11)14-7(3)4/h6-8H,5H2,1-4H3,(H,12,13)/p-1. The van der Waals surface area contributed by atoms with E-state index in [1.54, 1.807) is 27.7 Å². The molecule has 14 heavy (non-hydrogen) atoms. The van der Waals surface area contributed by atoms with Crippen LogP contribution in [0.25, 0.3) is 0 Å². The van der Waals surface area contributed by atoms with Crippen molar-refractivity contribution in [3.8, 4) is 0 Å². The molecule has 82 valence electrons. The van der Waals surface area contributed by atoms with E-state index in [2.05, 4.69) is 0 Å². The molecule has 4 nitrogen and oxygen atoms in total. The zero-order valence-electron chi connectivity index (χ0n) is 9.07. The van der Waals surface area contributed by atoms with Crippen molar-refractivity contribution in [2.45, 2.75) is 40.2 Å². The number of carbonyl (C=O) groups is 2. The van der Waals surface area contributed by atoms with Gasteiger partial charge in [0.25, 0.3) is 0 Å². The molecule has 0 aromatic rings. The lowest BCUT2D eigenvalue weighted by molar-refractivity contribution is -0.313. The molecule has 0 aromatic heterocycles. The van der Waals surface area contributed by atoms with E-state index in [1.807, 2.05) is 0 Å². The molecule has 1 unspecified atom stereocenters. The van der Waals surface area contributed by atoms with Gasteiger partial charge in [0.15, 0.2) is 0 Å². The lowest BCUT2D eigenvalue weighted by Gasteiger charge is -2.21. The first-order valence-corrected chi connectivity index (χ1v) is 4.75. The number of carboxylic acids is 1. The lowest BCUT2D eigenvalue weighted by Crippen LogP contribution is -2.36. The highest BCUT2D eigenvalue weighted by Gasteiger charge is 2.20. The van der Waals surface area contributed by atoms with Crippen molar-refractivity contribution in [1.29, 1.82) is 0 Å². The monoisotopic (exact) mass is 201 g/mol. The molecule has 0 saturated carbocycles. The molecule has 0 radical (unpaired) electrons. The van der Waals surface area contributed by atoms with Gasteiger partial charge in [-0.15, -0.1) is 0 Å². The molecule has 0 heterocycles. The molecule has 0 saturated heterocycles. The second-order valence-electron chi connectivity index (χ2n) is 3.91. The number of esters is 1. The van der Waals surface area contributed by atoms with E-state index in [9.17, 15) is 14.7 Å². The maximum Gasteiger partial charge on any atom is 0.306 e. The van der Waals surface area contributed by atoms with Crippen molar-refractivity contribution in [2.24, 2.45) is 11.8 Å². The topological polar surface area (TPSA) is 66.4 Å². The predicted octanol–water partition coefficient (Wildman–Crippen LogP) is 0.350. The van der Waals surface area contributed by atoms with Crippen molar-refractivity contribution in [2.75, 3.05) is 0 Å². The minimum Gasteiger partial charge on any atom is -0.550 e. The second-order valence-corrected chi connectivity index (χ2v) is 3.91. The summed E-state index contributed by atoms with van der Waals surface area (Å²) in [5.41, 5.74) is 0. The van der Waals surface area contributed by atoms with Crippen LogP contribution in [-0.2, 0) is 14.3 Å². The summed E-state index contributed by atoms with van der Waals surface area (Å²) in [6.07, 6.45) is -0.324. The van der Waals surface area contributed by atoms with Crippen LogP contribution in [0.4, 0.5) is 0 Å². The van der Waals surface area contributed by atoms with E-state index in [-0.39, 0.29) is 18.4 Å². The van der Waals surface area contributed by atoms with Crippen LogP contribution < -0.4 is 5.11 Å². The van der Waals surface area contributed by atoms with Gasteiger partial charge in [-0.1, -0.05) is 13.8 Å². The van der Waals surface area contributed by atoms with Gasteiger partial charge in [-0.05, 0) is 19.8 Å². The molecule has 0 aliphatic heterocycles. The highest BCUT2D eigenvalue weighted by molar-refractivity contribution is 5.77. The SMILES string of the molecule is CC(C)OC(=O)CC(C(=O)[O-])C(C)C. The molecule has 0 amide bonds. The van der Waals surface area contributed by atoms with E-state index in [1.165, 1.54) is 0 Å².